The van der Waals surface area contributed by atoms with E-state index in [0.29, 0.717) is 12.8 Å². The SMILES string of the molecule is O=C1Nc2n[nH]c(C3CCN(c4cc(C(F)(F)F)ncn4)CC3)c2[C@H](C(F)(F)F)[C@@H]1O. The summed E-state index contributed by atoms with van der Waals surface area (Å²) in [6.07, 6.45) is -10.4. The predicted octanol–water partition coefficient (Wildman–Crippen LogP) is 2.56. The Morgan fingerprint density at radius 2 is 1.77 bits per heavy atom. The number of anilines is 2. The van der Waals surface area contributed by atoms with E-state index in [1.54, 1.807) is 4.90 Å². The largest absolute Gasteiger partial charge is 0.433 e. The van der Waals surface area contributed by atoms with Gasteiger partial charge in [0.15, 0.2) is 5.82 Å². The number of aromatic amines is 1. The highest BCUT2D eigenvalue weighted by Crippen LogP contribution is 2.47. The molecule has 1 amide bonds. The van der Waals surface area contributed by atoms with Crippen LogP contribution in [0.1, 0.15) is 41.6 Å². The van der Waals surface area contributed by atoms with E-state index < -0.39 is 41.9 Å². The first-order chi connectivity index (χ1) is 14.5. The smallest absolute Gasteiger partial charge is 0.382 e. The number of hydrogen-bond donors (Lipinski definition) is 3. The molecule has 0 radical (unpaired) electrons. The van der Waals surface area contributed by atoms with Crippen LogP contribution in [0.15, 0.2) is 12.4 Å². The van der Waals surface area contributed by atoms with Gasteiger partial charge in [0, 0.05) is 36.3 Å². The number of aliphatic hydroxyl groups excluding tert-OH is 1. The summed E-state index contributed by atoms with van der Waals surface area (Å²) in [5.74, 6) is -4.24. The quantitative estimate of drug-likeness (QED) is 0.608. The lowest BCUT2D eigenvalue weighted by Gasteiger charge is -2.34. The van der Waals surface area contributed by atoms with Crippen molar-refractivity contribution in [3.8, 4) is 0 Å². The van der Waals surface area contributed by atoms with Gasteiger partial charge in [-0.05, 0) is 12.8 Å². The summed E-state index contributed by atoms with van der Waals surface area (Å²) in [7, 11) is 0. The van der Waals surface area contributed by atoms with Crippen molar-refractivity contribution in [2.45, 2.75) is 43.1 Å². The first-order valence-corrected chi connectivity index (χ1v) is 9.24. The van der Waals surface area contributed by atoms with E-state index in [2.05, 4.69) is 25.5 Å². The fourth-order valence-electron chi connectivity index (χ4n) is 4.00. The molecule has 0 unspecified atom stereocenters. The first-order valence-electron chi connectivity index (χ1n) is 9.24. The maximum absolute atomic E-state index is 13.6. The number of nitrogens with zero attached hydrogens (tertiary/aromatic N) is 4. The fourth-order valence-corrected chi connectivity index (χ4v) is 4.00. The van der Waals surface area contributed by atoms with Crippen molar-refractivity contribution in [1.29, 1.82) is 0 Å². The molecule has 4 heterocycles. The molecule has 0 spiro atoms. The lowest BCUT2D eigenvalue weighted by atomic mass is 9.83. The van der Waals surface area contributed by atoms with E-state index in [1.807, 2.05) is 0 Å². The number of fused-ring (bicyclic) bond motifs is 1. The number of H-pyrrole nitrogens is 1. The van der Waals surface area contributed by atoms with Crippen molar-refractivity contribution < 1.29 is 36.2 Å². The number of halogens is 6. The summed E-state index contributed by atoms with van der Waals surface area (Å²) in [6, 6.07) is 0.823. The molecule has 1 fully saturated rings. The van der Waals surface area contributed by atoms with Gasteiger partial charge in [0.05, 0.1) is 0 Å². The number of hydrogen-bond acceptors (Lipinski definition) is 6. The molecule has 1 saturated heterocycles. The van der Waals surface area contributed by atoms with Crippen LogP contribution in [0.3, 0.4) is 0 Å². The van der Waals surface area contributed by atoms with E-state index in [-0.39, 0.29) is 36.0 Å². The van der Waals surface area contributed by atoms with Gasteiger partial charge < -0.3 is 15.3 Å². The van der Waals surface area contributed by atoms with E-state index in [1.165, 1.54) is 0 Å². The lowest BCUT2D eigenvalue weighted by molar-refractivity contribution is -0.177. The van der Waals surface area contributed by atoms with Gasteiger partial charge >= 0.3 is 12.4 Å². The molecule has 8 nitrogen and oxygen atoms in total. The highest BCUT2D eigenvalue weighted by molar-refractivity contribution is 5.97. The van der Waals surface area contributed by atoms with Crippen LogP contribution < -0.4 is 10.2 Å². The van der Waals surface area contributed by atoms with Crippen molar-refractivity contribution in [3.05, 3.63) is 29.3 Å². The highest BCUT2D eigenvalue weighted by Gasteiger charge is 2.53. The van der Waals surface area contributed by atoms with Gasteiger partial charge in [-0.3, -0.25) is 9.89 Å². The summed E-state index contributed by atoms with van der Waals surface area (Å²) < 4.78 is 79.4. The van der Waals surface area contributed by atoms with Gasteiger partial charge in [0.2, 0.25) is 0 Å². The Hall–Kier alpha value is -2.90. The normalized spacial score (nSPS) is 22.9. The monoisotopic (exact) mass is 450 g/mol. The van der Waals surface area contributed by atoms with Crippen molar-refractivity contribution in [2.24, 2.45) is 0 Å². The van der Waals surface area contributed by atoms with Crippen LogP contribution >= 0.6 is 0 Å². The summed E-state index contributed by atoms with van der Waals surface area (Å²) in [5.41, 5.74) is -1.24. The number of carbonyl (C=O) groups excluding carboxylic acids is 1. The maximum Gasteiger partial charge on any atom is 0.433 e. The molecule has 2 aromatic rings. The van der Waals surface area contributed by atoms with E-state index in [9.17, 15) is 36.2 Å². The number of carbonyl (C=O) groups is 1. The van der Waals surface area contributed by atoms with Gasteiger partial charge in [-0.1, -0.05) is 0 Å². The average molecular weight is 450 g/mol. The zero-order chi connectivity index (χ0) is 22.6. The summed E-state index contributed by atoms with van der Waals surface area (Å²) >= 11 is 0. The third-order valence-electron chi connectivity index (χ3n) is 5.49. The molecule has 0 bridgehead atoms. The first kappa shape index (κ1) is 21.3. The van der Waals surface area contributed by atoms with Crippen LogP contribution in [-0.4, -0.2) is 56.5 Å². The van der Waals surface area contributed by atoms with Crippen LogP contribution in [0, 0.1) is 0 Å². The minimum Gasteiger partial charge on any atom is -0.382 e. The minimum atomic E-state index is -4.87. The number of aliphatic hydroxyl groups is 1. The predicted molar refractivity (Wildman–Crippen MR) is 93.2 cm³/mol. The number of piperidine rings is 1. The Bertz CT molecular complexity index is 982. The lowest BCUT2D eigenvalue weighted by Crippen LogP contribution is -2.44. The molecule has 31 heavy (non-hydrogen) atoms. The molecule has 2 aromatic heterocycles. The number of alkyl halides is 6. The molecule has 0 aliphatic carbocycles. The number of rotatable bonds is 2. The Morgan fingerprint density at radius 3 is 2.39 bits per heavy atom. The summed E-state index contributed by atoms with van der Waals surface area (Å²) in [6.45, 7) is 0.469. The van der Waals surface area contributed by atoms with E-state index in [4.69, 9.17) is 0 Å². The Labute approximate surface area is 170 Å². The van der Waals surface area contributed by atoms with Crippen LogP contribution in [0.5, 0.6) is 0 Å². The van der Waals surface area contributed by atoms with Crippen LogP contribution in [0.25, 0.3) is 0 Å². The molecule has 2 atom stereocenters. The molecule has 2 aliphatic heterocycles. The molecule has 4 rings (SSSR count). The summed E-state index contributed by atoms with van der Waals surface area (Å²) in [5, 5.41) is 18.3. The molecule has 14 heteroatoms. The zero-order valence-corrected chi connectivity index (χ0v) is 15.6. The van der Waals surface area contributed by atoms with Crippen LogP contribution in [-0.2, 0) is 11.0 Å². The second kappa shape index (κ2) is 7.35. The molecular weight excluding hydrogens is 434 g/mol. The van der Waals surface area contributed by atoms with E-state index in [0.717, 1.165) is 12.4 Å². The van der Waals surface area contributed by atoms with E-state index >= 15 is 0 Å². The third kappa shape index (κ3) is 3.91. The van der Waals surface area contributed by atoms with Gasteiger partial charge in [0.25, 0.3) is 5.91 Å². The molecular formula is C17H16F6N6O2. The molecule has 168 valence electrons. The van der Waals surface area contributed by atoms with Gasteiger partial charge in [-0.2, -0.15) is 31.4 Å². The Kier molecular flexibility index (Phi) is 5.06. The molecule has 2 aliphatic rings. The van der Waals surface area contributed by atoms with Crippen LogP contribution in [0.2, 0.25) is 0 Å². The third-order valence-corrected chi connectivity index (χ3v) is 5.49. The van der Waals surface area contributed by atoms with Gasteiger partial charge in [0.1, 0.15) is 29.9 Å². The number of aromatic nitrogens is 4. The average Bonchev–Trinajstić information content (AvgIpc) is 3.10. The van der Waals surface area contributed by atoms with Crippen molar-refractivity contribution in [2.75, 3.05) is 23.3 Å². The Balaban J connectivity index is 1.55. The minimum absolute atomic E-state index is 0.0725. The Morgan fingerprint density at radius 1 is 1.10 bits per heavy atom. The number of amides is 1. The number of nitrogens with one attached hydrogen (secondary N) is 2. The molecule has 3 N–H and O–H groups in total. The van der Waals surface area contributed by atoms with Gasteiger partial charge in [-0.25, -0.2) is 9.97 Å². The zero-order valence-electron chi connectivity index (χ0n) is 15.6. The molecule has 0 saturated carbocycles. The van der Waals surface area contributed by atoms with Gasteiger partial charge in [-0.15, -0.1) is 0 Å². The maximum atomic E-state index is 13.6. The standard InChI is InChI=1S/C17H16F6N6O2/c18-16(19,20)8-5-9(25-6-24-8)29-3-1-7(2-4-29)12-10-11(17(21,22)23)13(30)15(31)26-14(10)28-27-12/h5-7,11,13,30H,1-4H2,(H2,26,27,28,31)/t11-,13-/m0/s1. The topological polar surface area (TPSA) is 107 Å². The molecule has 0 aromatic carbocycles. The van der Waals surface area contributed by atoms with Crippen molar-refractivity contribution in [1.82, 2.24) is 20.2 Å². The fraction of sp³-hybridized carbons (Fsp3) is 0.529. The second-order valence-corrected chi connectivity index (χ2v) is 7.37. The van der Waals surface area contributed by atoms with Crippen LogP contribution in [0.4, 0.5) is 38.0 Å². The second-order valence-electron chi connectivity index (χ2n) is 7.37. The summed E-state index contributed by atoms with van der Waals surface area (Å²) in [4.78, 5) is 20.4. The van der Waals surface area contributed by atoms with Crippen molar-refractivity contribution >= 4 is 17.5 Å². The van der Waals surface area contributed by atoms with Crippen molar-refractivity contribution in [3.63, 3.8) is 0 Å². The highest BCUT2D eigenvalue weighted by atomic mass is 19.4.